The molecule has 0 aliphatic heterocycles. The maximum Gasteiger partial charge on any atom is 0.416 e. The van der Waals surface area contributed by atoms with Crippen LogP contribution in [-0.2, 0) is 6.18 Å². The van der Waals surface area contributed by atoms with Crippen LogP contribution in [-0.4, -0.2) is 10.9 Å². The summed E-state index contributed by atoms with van der Waals surface area (Å²) >= 11 is 5.84. The predicted molar refractivity (Wildman–Crippen MR) is 86.2 cm³/mol. The summed E-state index contributed by atoms with van der Waals surface area (Å²) in [5.41, 5.74) is 0.101. The van der Waals surface area contributed by atoms with Crippen LogP contribution in [0.4, 0.5) is 18.9 Å². The van der Waals surface area contributed by atoms with Crippen LogP contribution >= 0.6 is 11.6 Å². The van der Waals surface area contributed by atoms with Gasteiger partial charge in [0.15, 0.2) is 0 Å². The largest absolute Gasteiger partial charge is 0.416 e. The van der Waals surface area contributed by atoms with Crippen molar-refractivity contribution in [2.24, 2.45) is 0 Å². The fourth-order valence-corrected chi connectivity index (χ4v) is 2.45. The molecule has 3 nitrogen and oxygen atoms in total. The normalized spacial score (nSPS) is 11.5. The third-order valence-corrected chi connectivity index (χ3v) is 3.64. The van der Waals surface area contributed by atoms with Crippen molar-refractivity contribution in [2.45, 2.75) is 6.18 Å². The quantitative estimate of drug-likeness (QED) is 0.693. The SMILES string of the molecule is O=C(Nc1ccnc2ccc(C(F)(F)F)cc12)c1cccc(Cl)c1. The summed E-state index contributed by atoms with van der Waals surface area (Å²) in [4.78, 5) is 16.3. The first-order chi connectivity index (χ1) is 11.3. The summed E-state index contributed by atoms with van der Waals surface area (Å²) in [6, 6.07) is 10.9. The van der Waals surface area contributed by atoms with Crippen LogP contribution in [0.25, 0.3) is 10.9 Å². The summed E-state index contributed by atoms with van der Waals surface area (Å²) in [5, 5.41) is 3.20. The van der Waals surface area contributed by atoms with E-state index in [4.69, 9.17) is 11.6 Å². The molecule has 122 valence electrons. The van der Waals surface area contributed by atoms with E-state index in [0.29, 0.717) is 16.1 Å². The minimum absolute atomic E-state index is 0.211. The van der Waals surface area contributed by atoms with E-state index < -0.39 is 17.6 Å². The van der Waals surface area contributed by atoms with E-state index in [2.05, 4.69) is 10.3 Å². The van der Waals surface area contributed by atoms with Crippen molar-refractivity contribution in [1.82, 2.24) is 4.98 Å². The lowest BCUT2D eigenvalue weighted by atomic mass is 10.1. The first-order valence-electron chi connectivity index (χ1n) is 6.87. The van der Waals surface area contributed by atoms with Crippen molar-refractivity contribution in [2.75, 3.05) is 5.32 Å². The molecule has 0 spiro atoms. The zero-order chi connectivity index (χ0) is 17.3. The number of alkyl halides is 3. The first kappa shape index (κ1) is 16.3. The molecule has 0 aliphatic carbocycles. The van der Waals surface area contributed by atoms with E-state index >= 15 is 0 Å². The Morgan fingerprint density at radius 2 is 1.88 bits per heavy atom. The Morgan fingerprint density at radius 1 is 1.08 bits per heavy atom. The predicted octanol–water partition coefficient (Wildman–Crippen LogP) is 5.16. The second-order valence-electron chi connectivity index (χ2n) is 5.05. The van der Waals surface area contributed by atoms with Crippen molar-refractivity contribution < 1.29 is 18.0 Å². The zero-order valence-electron chi connectivity index (χ0n) is 12.1. The molecular weight excluding hydrogens is 341 g/mol. The summed E-state index contributed by atoms with van der Waals surface area (Å²) in [7, 11) is 0. The molecule has 0 radical (unpaired) electrons. The molecular formula is C17H10ClF3N2O. The van der Waals surface area contributed by atoms with Gasteiger partial charge >= 0.3 is 6.18 Å². The van der Waals surface area contributed by atoms with Gasteiger partial charge in [-0.3, -0.25) is 9.78 Å². The van der Waals surface area contributed by atoms with Gasteiger partial charge < -0.3 is 5.32 Å². The van der Waals surface area contributed by atoms with E-state index in [9.17, 15) is 18.0 Å². The standard InChI is InChI=1S/C17H10ClF3N2O/c18-12-3-1-2-10(8-12)16(24)23-15-6-7-22-14-5-4-11(9-13(14)15)17(19,20)21/h1-9H,(H,22,23,24). The summed E-state index contributed by atoms with van der Waals surface area (Å²) in [6.45, 7) is 0. The molecule has 0 fully saturated rings. The number of carbonyl (C=O) groups excluding carboxylic acids is 1. The Balaban J connectivity index is 2.01. The molecule has 3 rings (SSSR count). The van der Waals surface area contributed by atoms with Gasteiger partial charge in [-0.2, -0.15) is 13.2 Å². The Morgan fingerprint density at radius 3 is 2.58 bits per heavy atom. The highest BCUT2D eigenvalue weighted by molar-refractivity contribution is 6.31. The van der Waals surface area contributed by atoms with Crippen molar-refractivity contribution >= 4 is 34.1 Å². The Kier molecular flexibility index (Phi) is 4.15. The van der Waals surface area contributed by atoms with Crippen LogP contribution in [0, 0.1) is 0 Å². The van der Waals surface area contributed by atoms with Gasteiger partial charge in [0.1, 0.15) is 0 Å². The molecule has 0 saturated heterocycles. The maximum absolute atomic E-state index is 12.9. The zero-order valence-corrected chi connectivity index (χ0v) is 12.8. The van der Waals surface area contributed by atoms with Crippen LogP contribution in [0.2, 0.25) is 5.02 Å². The molecule has 0 bridgehead atoms. The van der Waals surface area contributed by atoms with E-state index in [-0.39, 0.29) is 11.1 Å². The van der Waals surface area contributed by atoms with Crippen LogP contribution in [0.3, 0.4) is 0 Å². The van der Waals surface area contributed by atoms with Gasteiger partial charge in [-0.25, -0.2) is 0 Å². The number of fused-ring (bicyclic) bond motifs is 1. The second kappa shape index (κ2) is 6.13. The molecule has 3 aromatic rings. The lowest BCUT2D eigenvalue weighted by Gasteiger charge is -2.11. The van der Waals surface area contributed by atoms with Gasteiger partial charge in [-0.15, -0.1) is 0 Å². The number of hydrogen-bond acceptors (Lipinski definition) is 2. The highest BCUT2D eigenvalue weighted by Gasteiger charge is 2.30. The Hall–Kier alpha value is -2.60. The summed E-state index contributed by atoms with van der Waals surface area (Å²) in [5.74, 6) is -0.470. The van der Waals surface area contributed by atoms with E-state index in [1.807, 2.05) is 0 Å². The van der Waals surface area contributed by atoms with Gasteiger partial charge in [0, 0.05) is 22.2 Å². The van der Waals surface area contributed by atoms with Crippen LogP contribution in [0.5, 0.6) is 0 Å². The van der Waals surface area contributed by atoms with Gasteiger partial charge in [0.2, 0.25) is 0 Å². The minimum Gasteiger partial charge on any atom is -0.321 e. The van der Waals surface area contributed by atoms with Gasteiger partial charge in [-0.05, 0) is 42.5 Å². The highest BCUT2D eigenvalue weighted by atomic mass is 35.5. The van der Waals surface area contributed by atoms with Gasteiger partial charge in [0.25, 0.3) is 5.91 Å². The lowest BCUT2D eigenvalue weighted by molar-refractivity contribution is -0.137. The van der Waals surface area contributed by atoms with Crippen molar-refractivity contribution in [1.29, 1.82) is 0 Å². The number of amides is 1. The fraction of sp³-hybridized carbons (Fsp3) is 0.0588. The number of halogens is 4. The fourth-order valence-electron chi connectivity index (χ4n) is 2.26. The Labute approximate surface area is 140 Å². The van der Waals surface area contributed by atoms with Crippen molar-refractivity contribution in [3.8, 4) is 0 Å². The third kappa shape index (κ3) is 3.33. The number of pyridine rings is 1. The topological polar surface area (TPSA) is 42.0 Å². The van der Waals surface area contributed by atoms with Gasteiger partial charge in [-0.1, -0.05) is 17.7 Å². The number of benzene rings is 2. The number of anilines is 1. The number of hydrogen-bond donors (Lipinski definition) is 1. The third-order valence-electron chi connectivity index (χ3n) is 3.40. The van der Waals surface area contributed by atoms with Crippen LogP contribution in [0.15, 0.2) is 54.7 Å². The molecule has 7 heteroatoms. The second-order valence-corrected chi connectivity index (χ2v) is 5.49. The number of rotatable bonds is 2. The first-order valence-corrected chi connectivity index (χ1v) is 7.25. The molecule has 1 N–H and O–H groups in total. The minimum atomic E-state index is -4.47. The molecule has 2 aromatic carbocycles. The number of carbonyl (C=O) groups is 1. The number of nitrogens with one attached hydrogen (secondary N) is 1. The average molecular weight is 351 g/mol. The molecule has 1 heterocycles. The van der Waals surface area contributed by atoms with Crippen molar-refractivity contribution in [3.05, 3.63) is 70.9 Å². The van der Waals surface area contributed by atoms with Crippen LogP contribution < -0.4 is 5.32 Å². The molecule has 1 aromatic heterocycles. The number of aromatic nitrogens is 1. The van der Waals surface area contributed by atoms with E-state index in [0.717, 1.165) is 12.1 Å². The smallest absolute Gasteiger partial charge is 0.321 e. The Bertz CT molecular complexity index is 925. The monoisotopic (exact) mass is 350 g/mol. The van der Waals surface area contributed by atoms with Crippen LogP contribution in [0.1, 0.15) is 15.9 Å². The lowest BCUT2D eigenvalue weighted by Crippen LogP contribution is -2.12. The summed E-state index contributed by atoms with van der Waals surface area (Å²) in [6.07, 6.45) is -3.05. The maximum atomic E-state index is 12.9. The average Bonchev–Trinajstić information content (AvgIpc) is 2.54. The summed E-state index contributed by atoms with van der Waals surface area (Å²) < 4.78 is 38.7. The molecule has 24 heavy (non-hydrogen) atoms. The van der Waals surface area contributed by atoms with Gasteiger partial charge in [0.05, 0.1) is 16.8 Å². The van der Waals surface area contributed by atoms with E-state index in [1.54, 1.807) is 18.2 Å². The molecule has 1 amide bonds. The number of nitrogens with zero attached hydrogens (tertiary/aromatic N) is 1. The van der Waals surface area contributed by atoms with E-state index in [1.165, 1.54) is 24.4 Å². The van der Waals surface area contributed by atoms with Crippen molar-refractivity contribution in [3.63, 3.8) is 0 Å². The highest BCUT2D eigenvalue weighted by Crippen LogP contribution is 2.33. The molecule has 0 unspecified atom stereocenters. The molecule has 0 saturated carbocycles. The molecule has 0 aliphatic rings. The molecule has 0 atom stereocenters.